The van der Waals surface area contributed by atoms with Crippen molar-refractivity contribution in [3.8, 4) is 0 Å². The van der Waals surface area contributed by atoms with E-state index in [-0.39, 0.29) is 13.2 Å². The maximum Gasteiger partial charge on any atom is 0.411 e. The zero-order chi connectivity index (χ0) is 18.3. The Morgan fingerprint density at radius 3 is 1.42 bits per heavy atom. The topological polar surface area (TPSA) is 157 Å². The predicted molar refractivity (Wildman–Crippen MR) is 76.4 cm³/mol. The van der Waals surface area contributed by atoms with Crippen LogP contribution < -0.4 is 20.8 Å². The zero-order valence-electron chi connectivity index (χ0n) is 12.8. The second kappa shape index (κ2) is 8.36. The molecule has 10 heteroatoms. The number of nitrogens with one attached hydrogen (secondary N) is 2. The summed E-state index contributed by atoms with van der Waals surface area (Å²) in [5, 5.41) is 26.5. The van der Waals surface area contributed by atoms with Crippen molar-refractivity contribution >= 4 is 35.5 Å². The zero-order valence-corrected chi connectivity index (χ0v) is 12.8. The smallest absolute Gasteiger partial charge is 0.411 e. The fourth-order valence-corrected chi connectivity index (χ4v) is 1.74. The summed E-state index contributed by atoms with van der Waals surface area (Å²) in [6, 6.07) is 1.77. The molecule has 0 aromatic heterocycles. The SMILES string of the molecule is CCOC(=O)Nc1c(C(=O)[O-])ccc(C(=O)[O-])c1NC(=O)OCC. The minimum atomic E-state index is -1.71. The summed E-state index contributed by atoms with van der Waals surface area (Å²) in [6.45, 7) is 2.98. The summed E-state index contributed by atoms with van der Waals surface area (Å²) in [5.74, 6) is -3.42. The van der Waals surface area contributed by atoms with Crippen LogP contribution in [-0.2, 0) is 9.47 Å². The van der Waals surface area contributed by atoms with Gasteiger partial charge in [-0.3, -0.25) is 10.6 Å². The van der Waals surface area contributed by atoms with E-state index in [1.54, 1.807) is 0 Å². The van der Waals surface area contributed by atoms with E-state index in [1.165, 1.54) is 13.8 Å². The predicted octanol–water partition coefficient (Wildman–Crippen LogP) is -0.450. The van der Waals surface area contributed by atoms with Crippen molar-refractivity contribution in [2.24, 2.45) is 0 Å². The molecule has 24 heavy (non-hydrogen) atoms. The number of amides is 2. The molecule has 0 radical (unpaired) electrons. The lowest BCUT2D eigenvalue weighted by molar-refractivity contribution is -0.256. The molecule has 1 rings (SSSR count). The number of carbonyl (C=O) groups excluding carboxylic acids is 4. The van der Waals surface area contributed by atoms with Crippen LogP contribution in [0.3, 0.4) is 0 Å². The van der Waals surface area contributed by atoms with E-state index in [4.69, 9.17) is 0 Å². The average Bonchev–Trinajstić information content (AvgIpc) is 2.48. The summed E-state index contributed by atoms with van der Waals surface area (Å²) in [6.07, 6.45) is -2.11. The molecule has 2 N–H and O–H groups in total. The third-order valence-corrected chi connectivity index (χ3v) is 2.65. The van der Waals surface area contributed by atoms with E-state index in [0.29, 0.717) is 0 Å². The van der Waals surface area contributed by atoms with E-state index in [2.05, 4.69) is 20.1 Å². The van der Waals surface area contributed by atoms with Gasteiger partial charge >= 0.3 is 12.2 Å². The Labute approximate surface area is 136 Å². The van der Waals surface area contributed by atoms with Gasteiger partial charge in [-0.2, -0.15) is 0 Å². The van der Waals surface area contributed by atoms with E-state index in [9.17, 15) is 29.4 Å². The van der Waals surface area contributed by atoms with Crippen LogP contribution in [0.1, 0.15) is 34.6 Å². The number of hydrogen-bond donors (Lipinski definition) is 2. The van der Waals surface area contributed by atoms with E-state index < -0.39 is 46.6 Å². The van der Waals surface area contributed by atoms with Gasteiger partial charge in [0.2, 0.25) is 0 Å². The molecule has 0 bridgehead atoms. The van der Waals surface area contributed by atoms with Gasteiger partial charge in [0.15, 0.2) is 0 Å². The number of hydrogen-bond acceptors (Lipinski definition) is 8. The molecule has 0 saturated heterocycles. The molecule has 0 unspecified atom stereocenters. The van der Waals surface area contributed by atoms with Crippen molar-refractivity contribution < 1.29 is 38.9 Å². The van der Waals surface area contributed by atoms with Crippen molar-refractivity contribution in [3.63, 3.8) is 0 Å². The Balaban J connectivity index is 3.47. The highest BCUT2D eigenvalue weighted by molar-refractivity contribution is 6.10. The van der Waals surface area contributed by atoms with Crippen LogP contribution in [0.15, 0.2) is 12.1 Å². The summed E-state index contributed by atoms with van der Waals surface area (Å²) in [4.78, 5) is 45.5. The normalized spacial score (nSPS) is 9.75. The second-order valence-electron chi connectivity index (χ2n) is 4.18. The first kappa shape index (κ1) is 18.7. The highest BCUT2D eigenvalue weighted by atomic mass is 16.6. The van der Waals surface area contributed by atoms with Crippen molar-refractivity contribution in [2.45, 2.75) is 13.8 Å². The number of anilines is 2. The molecule has 0 fully saturated rings. The number of rotatable bonds is 6. The molecule has 10 nitrogen and oxygen atoms in total. The Morgan fingerprint density at radius 2 is 1.17 bits per heavy atom. The highest BCUT2D eigenvalue weighted by Crippen LogP contribution is 2.30. The maximum atomic E-state index is 11.6. The van der Waals surface area contributed by atoms with Crippen LogP contribution in [0.25, 0.3) is 0 Å². The molecule has 1 aromatic carbocycles. The number of ether oxygens (including phenoxy) is 2. The summed E-state index contributed by atoms with van der Waals surface area (Å²) in [5.41, 5.74) is -2.19. The molecule has 1 aromatic rings. The van der Waals surface area contributed by atoms with Crippen LogP contribution in [0, 0.1) is 0 Å². The fourth-order valence-electron chi connectivity index (χ4n) is 1.74. The molecule has 2 amide bonds. The molecule has 0 aliphatic carbocycles. The van der Waals surface area contributed by atoms with Crippen LogP contribution in [0.5, 0.6) is 0 Å². The van der Waals surface area contributed by atoms with Gasteiger partial charge in [-0.05, 0) is 13.8 Å². The Hall–Kier alpha value is -3.30. The van der Waals surface area contributed by atoms with Gasteiger partial charge in [0.1, 0.15) is 0 Å². The van der Waals surface area contributed by atoms with Crippen molar-refractivity contribution in [3.05, 3.63) is 23.3 Å². The lowest BCUT2D eigenvalue weighted by Crippen LogP contribution is -2.29. The minimum Gasteiger partial charge on any atom is -0.545 e. The third kappa shape index (κ3) is 4.60. The van der Waals surface area contributed by atoms with Gasteiger partial charge in [0.25, 0.3) is 0 Å². The van der Waals surface area contributed by atoms with Crippen LogP contribution >= 0.6 is 0 Å². The van der Waals surface area contributed by atoms with E-state index >= 15 is 0 Å². The van der Waals surface area contributed by atoms with Gasteiger partial charge in [0.05, 0.1) is 36.5 Å². The molecule has 0 atom stereocenters. The number of carboxylic acid groups (broad SMARTS) is 2. The summed E-state index contributed by atoms with van der Waals surface area (Å²) in [7, 11) is 0. The highest BCUT2D eigenvalue weighted by Gasteiger charge is 2.20. The molecular weight excluding hydrogens is 324 g/mol. The second-order valence-corrected chi connectivity index (χ2v) is 4.18. The van der Waals surface area contributed by atoms with Gasteiger partial charge in [-0.1, -0.05) is 12.1 Å². The van der Waals surface area contributed by atoms with E-state index in [0.717, 1.165) is 12.1 Å². The first-order chi connectivity index (χ1) is 11.3. The van der Waals surface area contributed by atoms with Crippen LogP contribution in [0.4, 0.5) is 21.0 Å². The number of aromatic carboxylic acids is 2. The quantitative estimate of drug-likeness (QED) is 0.706. The van der Waals surface area contributed by atoms with Crippen LogP contribution in [-0.4, -0.2) is 37.3 Å². The maximum absolute atomic E-state index is 11.6. The average molecular weight is 338 g/mol. The number of carboxylic acids is 2. The molecule has 130 valence electrons. The molecule has 0 aliphatic rings. The largest absolute Gasteiger partial charge is 0.545 e. The van der Waals surface area contributed by atoms with Gasteiger partial charge in [-0.15, -0.1) is 0 Å². The molecule has 0 heterocycles. The van der Waals surface area contributed by atoms with E-state index in [1.807, 2.05) is 0 Å². The fraction of sp³-hybridized carbons (Fsp3) is 0.286. The Bertz CT molecular complexity index is 614. The Morgan fingerprint density at radius 1 is 0.833 bits per heavy atom. The van der Waals surface area contributed by atoms with Gasteiger partial charge < -0.3 is 29.3 Å². The van der Waals surface area contributed by atoms with Gasteiger partial charge in [-0.25, -0.2) is 9.59 Å². The molecular formula is C14H14N2O8-2. The lowest BCUT2D eigenvalue weighted by atomic mass is 10.1. The molecule has 0 aliphatic heterocycles. The van der Waals surface area contributed by atoms with Gasteiger partial charge in [0, 0.05) is 11.1 Å². The first-order valence-corrected chi connectivity index (χ1v) is 6.79. The number of carbonyl (C=O) groups is 4. The lowest BCUT2D eigenvalue weighted by Gasteiger charge is -2.20. The first-order valence-electron chi connectivity index (χ1n) is 6.79. The molecule has 0 spiro atoms. The van der Waals surface area contributed by atoms with Crippen molar-refractivity contribution in [1.82, 2.24) is 0 Å². The standard InChI is InChI=1S/C14H16N2O8/c1-3-23-13(21)15-9-7(11(17)18)5-6-8(12(19)20)10(9)16-14(22)24-4-2/h5-6H,3-4H2,1-2H3,(H,15,21)(H,16,22)(H,17,18)(H,19,20)/p-2. The van der Waals surface area contributed by atoms with Crippen molar-refractivity contribution in [1.29, 1.82) is 0 Å². The minimum absolute atomic E-state index is 0.0205. The van der Waals surface area contributed by atoms with Crippen LogP contribution in [0.2, 0.25) is 0 Å². The number of benzene rings is 1. The van der Waals surface area contributed by atoms with Crippen molar-refractivity contribution in [2.75, 3.05) is 23.8 Å². The molecule has 0 saturated carbocycles. The summed E-state index contributed by atoms with van der Waals surface area (Å²) < 4.78 is 9.24. The summed E-state index contributed by atoms with van der Waals surface area (Å²) >= 11 is 0. The monoisotopic (exact) mass is 338 g/mol. The third-order valence-electron chi connectivity index (χ3n) is 2.65. The Kier molecular flexibility index (Phi) is 6.53.